The number of hydrogen-bond acceptors (Lipinski definition) is 3. The fourth-order valence-electron chi connectivity index (χ4n) is 1.66. The number of nitrogens with two attached hydrogens (primary N) is 1. The summed E-state index contributed by atoms with van der Waals surface area (Å²) in [6.45, 7) is 2.01. The minimum Gasteiger partial charge on any atom is -0.369 e. The fraction of sp³-hybridized carbons (Fsp3) is 0.636. The summed E-state index contributed by atoms with van der Waals surface area (Å²) >= 11 is 1.70. The predicted octanol–water partition coefficient (Wildman–Crippen LogP) is 2.71. The molecule has 14 heavy (non-hydrogen) atoms. The van der Waals surface area contributed by atoms with Gasteiger partial charge in [-0.3, -0.25) is 0 Å². The molecule has 78 valence electrons. The molecule has 0 aliphatic heterocycles. The second-order valence-corrected chi connectivity index (χ2v) is 4.81. The zero-order valence-electron chi connectivity index (χ0n) is 8.48. The molecule has 1 aromatic heterocycles. The quantitative estimate of drug-likeness (QED) is 0.831. The molecule has 0 bridgehead atoms. The maximum Gasteiger partial charge on any atom is 0.0984 e. The van der Waals surface area contributed by atoms with Gasteiger partial charge in [-0.25, -0.2) is 0 Å². The van der Waals surface area contributed by atoms with E-state index in [9.17, 15) is 0 Å². The summed E-state index contributed by atoms with van der Waals surface area (Å²) < 4.78 is 5.97. The summed E-state index contributed by atoms with van der Waals surface area (Å²) in [6.07, 6.45) is 4.25. The standard InChI is InChI=1S/C11H17NOS/c1-8(12)11(9-5-6-14-7-9)13-10-3-2-4-10/h5-8,10-11H,2-4,12H2,1H3. The molecule has 1 aliphatic carbocycles. The SMILES string of the molecule is CC(N)C(OC1CCC1)c1ccsc1. The minimum atomic E-state index is 0.0743. The molecule has 0 saturated heterocycles. The van der Waals surface area contributed by atoms with Gasteiger partial charge in [0.05, 0.1) is 12.2 Å². The van der Waals surface area contributed by atoms with Crippen LogP contribution in [0.1, 0.15) is 37.9 Å². The first-order valence-electron chi connectivity index (χ1n) is 5.20. The van der Waals surface area contributed by atoms with Crippen LogP contribution in [0.3, 0.4) is 0 Å². The van der Waals surface area contributed by atoms with Gasteiger partial charge in [-0.15, -0.1) is 0 Å². The van der Waals surface area contributed by atoms with Gasteiger partial charge >= 0.3 is 0 Å². The van der Waals surface area contributed by atoms with Crippen molar-refractivity contribution < 1.29 is 4.74 Å². The fourth-order valence-corrected chi connectivity index (χ4v) is 2.34. The lowest BCUT2D eigenvalue weighted by Crippen LogP contribution is -2.32. The van der Waals surface area contributed by atoms with E-state index in [1.165, 1.54) is 24.8 Å². The van der Waals surface area contributed by atoms with Crippen molar-refractivity contribution in [1.29, 1.82) is 0 Å². The van der Waals surface area contributed by atoms with Crippen LogP contribution in [0.5, 0.6) is 0 Å². The Balaban J connectivity index is 2.00. The monoisotopic (exact) mass is 211 g/mol. The van der Waals surface area contributed by atoms with E-state index in [2.05, 4.69) is 16.8 Å². The van der Waals surface area contributed by atoms with Crippen molar-refractivity contribution >= 4 is 11.3 Å². The first-order chi connectivity index (χ1) is 6.77. The minimum absolute atomic E-state index is 0.0743. The van der Waals surface area contributed by atoms with E-state index in [1.807, 2.05) is 6.92 Å². The van der Waals surface area contributed by atoms with Crippen molar-refractivity contribution in [2.24, 2.45) is 5.73 Å². The van der Waals surface area contributed by atoms with Crippen molar-refractivity contribution in [1.82, 2.24) is 0 Å². The van der Waals surface area contributed by atoms with Crippen LogP contribution in [0.2, 0.25) is 0 Å². The highest BCUT2D eigenvalue weighted by atomic mass is 32.1. The smallest absolute Gasteiger partial charge is 0.0984 e. The molecule has 1 aromatic rings. The van der Waals surface area contributed by atoms with Gasteiger partial charge in [-0.05, 0) is 48.6 Å². The molecule has 2 rings (SSSR count). The summed E-state index contributed by atoms with van der Waals surface area (Å²) in [5.41, 5.74) is 7.17. The van der Waals surface area contributed by atoms with Crippen LogP contribution in [-0.2, 0) is 4.74 Å². The van der Waals surface area contributed by atoms with E-state index in [-0.39, 0.29) is 12.1 Å². The summed E-state index contributed by atoms with van der Waals surface area (Å²) in [6, 6.07) is 2.18. The zero-order chi connectivity index (χ0) is 9.97. The van der Waals surface area contributed by atoms with Gasteiger partial charge in [-0.1, -0.05) is 0 Å². The molecule has 0 spiro atoms. The normalized spacial score (nSPS) is 21.6. The molecule has 0 amide bonds. The van der Waals surface area contributed by atoms with E-state index >= 15 is 0 Å². The van der Waals surface area contributed by atoms with Gasteiger partial charge in [0.15, 0.2) is 0 Å². The van der Waals surface area contributed by atoms with Crippen LogP contribution in [0, 0.1) is 0 Å². The van der Waals surface area contributed by atoms with Crippen molar-refractivity contribution in [3.63, 3.8) is 0 Å². The second-order valence-electron chi connectivity index (χ2n) is 4.03. The van der Waals surface area contributed by atoms with Gasteiger partial charge in [0.2, 0.25) is 0 Å². The highest BCUT2D eigenvalue weighted by molar-refractivity contribution is 7.07. The first-order valence-corrected chi connectivity index (χ1v) is 6.15. The highest BCUT2D eigenvalue weighted by Crippen LogP contribution is 2.31. The van der Waals surface area contributed by atoms with Crippen molar-refractivity contribution in [3.05, 3.63) is 22.4 Å². The topological polar surface area (TPSA) is 35.2 Å². The maximum atomic E-state index is 5.97. The van der Waals surface area contributed by atoms with Crippen LogP contribution in [0.15, 0.2) is 16.8 Å². The predicted molar refractivity (Wildman–Crippen MR) is 59.4 cm³/mol. The third kappa shape index (κ3) is 2.16. The molecule has 2 unspecified atom stereocenters. The molecule has 2 atom stereocenters. The molecular weight excluding hydrogens is 194 g/mol. The van der Waals surface area contributed by atoms with E-state index in [4.69, 9.17) is 10.5 Å². The largest absolute Gasteiger partial charge is 0.369 e. The number of ether oxygens (including phenoxy) is 1. The molecule has 2 N–H and O–H groups in total. The first kappa shape index (κ1) is 10.1. The Morgan fingerprint density at radius 3 is 2.79 bits per heavy atom. The lowest BCUT2D eigenvalue weighted by molar-refractivity contribution is -0.0609. The molecule has 3 heteroatoms. The van der Waals surface area contributed by atoms with Gasteiger partial charge in [0, 0.05) is 6.04 Å². The van der Waals surface area contributed by atoms with Gasteiger partial charge < -0.3 is 10.5 Å². The zero-order valence-corrected chi connectivity index (χ0v) is 9.30. The van der Waals surface area contributed by atoms with Crippen LogP contribution in [-0.4, -0.2) is 12.1 Å². The Morgan fingerprint density at radius 2 is 2.36 bits per heavy atom. The average molecular weight is 211 g/mol. The average Bonchev–Trinajstić information content (AvgIpc) is 2.53. The lowest BCUT2D eigenvalue weighted by Gasteiger charge is -2.32. The molecule has 1 aliphatic rings. The maximum absolute atomic E-state index is 5.97. The summed E-state index contributed by atoms with van der Waals surface area (Å²) in [5, 5.41) is 4.21. The van der Waals surface area contributed by atoms with Crippen molar-refractivity contribution in [3.8, 4) is 0 Å². The molecule has 2 nitrogen and oxygen atoms in total. The Kier molecular flexibility index (Phi) is 3.21. The lowest BCUT2D eigenvalue weighted by atomic mass is 9.95. The molecule has 1 heterocycles. The van der Waals surface area contributed by atoms with E-state index in [0.29, 0.717) is 6.10 Å². The molecule has 0 aromatic carbocycles. The number of thiophene rings is 1. The highest BCUT2D eigenvalue weighted by Gasteiger charge is 2.25. The molecular formula is C11H17NOS. The van der Waals surface area contributed by atoms with E-state index < -0.39 is 0 Å². The Morgan fingerprint density at radius 1 is 1.57 bits per heavy atom. The van der Waals surface area contributed by atoms with Crippen molar-refractivity contribution in [2.45, 2.75) is 44.4 Å². The third-order valence-corrected chi connectivity index (χ3v) is 3.44. The van der Waals surface area contributed by atoms with Crippen LogP contribution < -0.4 is 5.73 Å². The summed E-state index contributed by atoms with van der Waals surface area (Å²) in [7, 11) is 0. The Labute approximate surface area is 89.1 Å². The molecule has 0 radical (unpaired) electrons. The molecule has 1 fully saturated rings. The van der Waals surface area contributed by atoms with E-state index in [1.54, 1.807) is 11.3 Å². The summed E-state index contributed by atoms with van der Waals surface area (Å²) in [5.74, 6) is 0. The van der Waals surface area contributed by atoms with Crippen LogP contribution in [0.4, 0.5) is 0 Å². The Bertz CT molecular complexity index is 267. The Hall–Kier alpha value is -0.380. The van der Waals surface area contributed by atoms with Crippen molar-refractivity contribution in [2.75, 3.05) is 0 Å². The summed E-state index contributed by atoms with van der Waals surface area (Å²) in [4.78, 5) is 0. The van der Waals surface area contributed by atoms with Gasteiger partial charge in [-0.2, -0.15) is 11.3 Å². The number of rotatable bonds is 4. The van der Waals surface area contributed by atoms with Crippen LogP contribution >= 0.6 is 11.3 Å². The van der Waals surface area contributed by atoms with E-state index in [0.717, 1.165) is 0 Å². The third-order valence-electron chi connectivity index (χ3n) is 2.74. The van der Waals surface area contributed by atoms with Gasteiger partial charge in [0.25, 0.3) is 0 Å². The second kappa shape index (κ2) is 4.43. The van der Waals surface area contributed by atoms with Crippen LogP contribution in [0.25, 0.3) is 0 Å². The molecule has 1 saturated carbocycles. The van der Waals surface area contributed by atoms with Gasteiger partial charge in [0.1, 0.15) is 0 Å². The number of hydrogen-bond donors (Lipinski definition) is 1.